The van der Waals surface area contributed by atoms with E-state index in [0.717, 1.165) is 17.4 Å². The maximum atomic E-state index is 14.9. The fourth-order valence-corrected chi connectivity index (χ4v) is 4.68. The number of amides is 1. The molecule has 1 unspecified atom stereocenters. The van der Waals surface area contributed by atoms with Crippen LogP contribution >= 0.6 is 0 Å². The Morgan fingerprint density at radius 1 is 1.33 bits per heavy atom. The number of carbonyl (C=O) groups excluding carboxylic acids is 1. The first-order valence-corrected chi connectivity index (χ1v) is 11.1. The molecular weight excluding hydrogens is 430 g/mol. The standard InChI is InChI=1S/C23H26F2N6O2/c1-22(21(26)33,19-8-16-10-29-31(12-14-2-3-14)18(16)11-27-19)30-7-6-23(24,25)17(13-30)15-4-5-20(32)28-9-15/h4-5,8-11,14,17H,2-3,6-7,12-13H2,1H3,(H2,26,33)(H,28,32)/t17-,22?/m1/s1. The van der Waals surface area contributed by atoms with Crippen molar-refractivity contribution in [3.8, 4) is 0 Å². The summed E-state index contributed by atoms with van der Waals surface area (Å²) in [5.74, 6) is -4.21. The molecule has 1 aliphatic heterocycles. The van der Waals surface area contributed by atoms with E-state index < -0.39 is 29.7 Å². The lowest BCUT2D eigenvalue weighted by molar-refractivity contribution is -0.139. The van der Waals surface area contributed by atoms with E-state index >= 15 is 0 Å². The Morgan fingerprint density at radius 3 is 2.79 bits per heavy atom. The van der Waals surface area contributed by atoms with Crippen LogP contribution in [-0.4, -0.2) is 49.6 Å². The van der Waals surface area contributed by atoms with Crippen LogP contribution in [0.15, 0.2) is 41.6 Å². The topological polar surface area (TPSA) is 110 Å². The first kappa shape index (κ1) is 21.7. The number of pyridine rings is 2. The van der Waals surface area contributed by atoms with E-state index in [9.17, 15) is 18.4 Å². The summed E-state index contributed by atoms with van der Waals surface area (Å²) in [5.41, 5.74) is 5.68. The molecule has 2 atom stereocenters. The molecule has 10 heteroatoms. The molecular formula is C23H26F2N6O2. The van der Waals surface area contributed by atoms with E-state index in [1.807, 2.05) is 4.68 Å². The average Bonchev–Trinajstić information content (AvgIpc) is 3.52. The largest absolute Gasteiger partial charge is 0.368 e. The summed E-state index contributed by atoms with van der Waals surface area (Å²) < 4.78 is 31.7. The lowest BCUT2D eigenvalue weighted by Gasteiger charge is -2.46. The second-order valence-electron chi connectivity index (χ2n) is 9.33. The molecule has 0 bridgehead atoms. The lowest BCUT2D eigenvalue weighted by atomic mass is 9.83. The number of H-pyrrole nitrogens is 1. The van der Waals surface area contributed by atoms with Crippen molar-refractivity contribution in [3.63, 3.8) is 0 Å². The summed E-state index contributed by atoms with van der Waals surface area (Å²) in [4.78, 5) is 32.8. The number of primary amides is 1. The SMILES string of the molecule is CC(C(N)=O)(c1cc2cnn(CC3CC3)c2cn1)N1CCC(F)(F)[C@@H](c2ccc(=O)[nH]c2)C1. The van der Waals surface area contributed by atoms with Crippen molar-refractivity contribution in [2.45, 2.75) is 50.1 Å². The van der Waals surface area contributed by atoms with Gasteiger partial charge in [-0.1, -0.05) is 6.07 Å². The fourth-order valence-electron chi connectivity index (χ4n) is 4.68. The Kier molecular flexibility index (Phi) is 5.08. The van der Waals surface area contributed by atoms with Crippen LogP contribution in [-0.2, 0) is 16.9 Å². The number of fused-ring (bicyclic) bond motifs is 1. The van der Waals surface area contributed by atoms with Gasteiger partial charge in [-0.2, -0.15) is 5.10 Å². The number of carbonyl (C=O) groups is 1. The maximum absolute atomic E-state index is 14.9. The van der Waals surface area contributed by atoms with Crippen molar-refractivity contribution in [3.05, 3.63) is 58.4 Å². The number of aromatic nitrogens is 4. The molecule has 1 saturated heterocycles. The molecule has 4 heterocycles. The van der Waals surface area contributed by atoms with Crippen molar-refractivity contribution >= 4 is 16.8 Å². The molecule has 2 fully saturated rings. The highest BCUT2D eigenvalue weighted by Crippen LogP contribution is 2.43. The van der Waals surface area contributed by atoms with Gasteiger partial charge in [0.1, 0.15) is 5.54 Å². The van der Waals surface area contributed by atoms with Gasteiger partial charge in [0.15, 0.2) is 0 Å². The highest BCUT2D eigenvalue weighted by Gasteiger charge is 2.51. The molecule has 0 aromatic carbocycles. The monoisotopic (exact) mass is 456 g/mol. The molecule has 1 aliphatic carbocycles. The smallest absolute Gasteiger partial charge is 0.257 e. The second kappa shape index (κ2) is 7.72. The molecule has 2 aliphatic rings. The number of halogens is 2. The van der Waals surface area contributed by atoms with Gasteiger partial charge in [0.2, 0.25) is 11.5 Å². The van der Waals surface area contributed by atoms with Crippen molar-refractivity contribution in [1.29, 1.82) is 0 Å². The molecule has 33 heavy (non-hydrogen) atoms. The zero-order chi connectivity index (χ0) is 23.4. The highest BCUT2D eigenvalue weighted by molar-refractivity contribution is 5.87. The van der Waals surface area contributed by atoms with Crippen LogP contribution in [0.5, 0.6) is 0 Å². The highest BCUT2D eigenvalue weighted by atomic mass is 19.3. The van der Waals surface area contributed by atoms with Gasteiger partial charge in [-0.25, -0.2) is 8.78 Å². The quantitative estimate of drug-likeness (QED) is 0.592. The fraction of sp³-hybridized carbons (Fsp3) is 0.478. The minimum absolute atomic E-state index is 0.0209. The second-order valence-corrected chi connectivity index (χ2v) is 9.33. The van der Waals surface area contributed by atoms with Gasteiger partial charge in [-0.15, -0.1) is 0 Å². The number of piperidine rings is 1. The van der Waals surface area contributed by atoms with E-state index in [1.54, 1.807) is 30.3 Å². The first-order chi connectivity index (χ1) is 15.7. The summed E-state index contributed by atoms with van der Waals surface area (Å²) in [5, 5.41) is 5.28. The number of hydrogen-bond acceptors (Lipinski definition) is 5. The van der Waals surface area contributed by atoms with Gasteiger partial charge >= 0.3 is 0 Å². The molecule has 1 saturated carbocycles. The molecule has 0 radical (unpaired) electrons. The third-order valence-corrected chi connectivity index (χ3v) is 7.11. The average molecular weight is 456 g/mol. The Bertz CT molecular complexity index is 1250. The first-order valence-electron chi connectivity index (χ1n) is 11.1. The van der Waals surface area contributed by atoms with Crippen LogP contribution in [0, 0.1) is 5.92 Å². The predicted molar refractivity (Wildman–Crippen MR) is 118 cm³/mol. The van der Waals surface area contributed by atoms with Crippen molar-refractivity contribution < 1.29 is 13.6 Å². The summed E-state index contributed by atoms with van der Waals surface area (Å²) in [6, 6.07) is 4.41. The molecule has 5 rings (SSSR count). The van der Waals surface area contributed by atoms with Crippen LogP contribution in [0.2, 0.25) is 0 Å². The summed E-state index contributed by atoms with van der Waals surface area (Å²) in [6.07, 6.45) is 6.67. The third-order valence-electron chi connectivity index (χ3n) is 7.11. The van der Waals surface area contributed by atoms with Crippen molar-refractivity contribution in [1.82, 2.24) is 24.6 Å². The van der Waals surface area contributed by atoms with E-state index in [0.29, 0.717) is 17.2 Å². The summed E-state index contributed by atoms with van der Waals surface area (Å²) in [7, 11) is 0. The Morgan fingerprint density at radius 2 is 2.12 bits per heavy atom. The molecule has 3 aromatic rings. The summed E-state index contributed by atoms with van der Waals surface area (Å²) >= 11 is 0. The normalized spacial score (nSPS) is 22.8. The number of alkyl halides is 2. The van der Waals surface area contributed by atoms with Gasteiger partial charge in [0.25, 0.3) is 5.92 Å². The number of rotatable bonds is 6. The van der Waals surface area contributed by atoms with Gasteiger partial charge in [-0.3, -0.25) is 24.2 Å². The molecule has 3 aromatic heterocycles. The van der Waals surface area contributed by atoms with Gasteiger partial charge in [-0.05, 0) is 37.3 Å². The van der Waals surface area contributed by atoms with Crippen LogP contribution in [0.25, 0.3) is 10.9 Å². The number of nitrogens with two attached hydrogens (primary N) is 1. The predicted octanol–water partition coefficient (Wildman–Crippen LogP) is 2.35. The molecule has 174 valence electrons. The lowest BCUT2D eigenvalue weighted by Crippen LogP contribution is -2.59. The molecule has 3 N–H and O–H groups in total. The maximum Gasteiger partial charge on any atom is 0.257 e. The van der Waals surface area contributed by atoms with Crippen LogP contribution in [0.4, 0.5) is 8.78 Å². The third kappa shape index (κ3) is 3.82. The van der Waals surface area contributed by atoms with Crippen LogP contribution < -0.4 is 11.3 Å². The van der Waals surface area contributed by atoms with Gasteiger partial charge in [0, 0.05) is 43.7 Å². The van der Waals surface area contributed by atoms with E-state index in [1.165, 1.54) is 31.2 Å². The van der Waals surface area contributed by atoms with Crippen molar-refractivity contribution in [2.24, 2.45) is 11.7 Å². The summed E-state index contributed by atoms with van der Waals surface area (Å²) in [6.45, 7) is 2.33. The zero-order valence-electron chi connectivity index (χ0n) is 18.3. The Hall–Kier alpha value is -3.14. The Balaban J connectivity index is 1.49. The van der Waals surface area contributed by atoms with Crippen LogP contribution in [0.3, 0.4) is 0 Å². The van der Waals surface area contributed by atoms with Gasteiger partial charge < -0.3 is 10.7 Å². The minimum atomic E-state index is -2.99. The molecule has 8 nitrogen and oxygen atoms in total. The van der Waals surface area contributed by atoms with E-state index in [-0.39, 0.29) is 18.6 Å². The van der Waals surface area contributed by atoms with E-state index in [2.05, 4.69) is 15.1 Å². The minimum Gasteiger partial charge on any atom is -0.368 e. The number of likely N-dealkylation sites (tertiary alicyclic amines) is 1. The van der Waals surface area contributed by atoms with Crippen molar-refractivity contribution in [2.75, 3.05) is 13.1 Å². The molecule has 1 amide bonds. The number of hydrogen-bond donors (Lipinski definition) is 2. The number of nitrogens with zero attached hydrogens (tertiary/aromatic N) is 4. The molecule has 0 spiro atoms. The van der Waals surface area contributed by atoms with Crippen LogP contribution in [0.1, 0.15) is 43.4 Å². The van der Waals surface area contributed by atoms with E-state index in [4.69, 9.17) is 5.73 Å². The number of nitrogens with one attached hydrogen (secondary N) is 1. The zero-order valence-corrected chi connectivity index (χ0v) is 18.3. The Labute approximate surface area is 188 Å². The van der Waals surface area contributed by atoms with Gasteiger partial charge in [0.05, 0.1) is 29.5 Å². The number of aromatic amines is 1.